The van der Waals surface area contributed by atoms with Gasteiger partial charge < -0.3 is 20.5 Å². The summed E-state index contributed by atoms with van der Waals surface area (Å²) in [4.78, 5) is 34.5. The monoisotopic (exact) mass is 330 g/mol. The highest BCUT2D eigenvalue weighted by Gasteiger charge is 2.22. The molecule has 0 aromatic rings. The van der Waals surface area contributed by atoms with E-state index < -0.39 is 29.6 Å². The van der Waals surface area contributed by atoms with Crippen molar-refractivity contribution in [3.05, 3.63) is 0 Å². The smallest absolute Gasteiger partial charge is 0.407 e. The van der Waals surface area contributed by atoms with Crippen molar-refractivity contribution in [3.63, 3.8) is 0 Å². The van der Waals surface area contributed by atoms with E-state index in [9.17, 15) is 14.4 Å². The number of ether oxygens (including phenoxy) is 1. The van der Waals surface area contributed by atoms with Gasteiger partial charge in [0.2, 0.25) is 5.91 Å². The number of carboxylic acids is 1. The van der Waals surface area contributed by atoms with Crippen molar-refractivity contribution in [3.8, 4) is 0 Å². The van der Waals surface area contributed by atoms with E-state index in [1.165, 1.54) is 0 Å². The Bertz CT molecular complexity index is 415. The molecule has 0 spiro atoms. The topological polar surface area (TPSA) is 105 Å². The first-order chi connectivity index (χ1) is 10.4. The van der Waals surface area contributed by atoms with Crippen molar-refractivity contribution < 1.29 is 24.2 Å². The fourth-order valence-corrected chi connectivity index (χ4v) is 1.96. The zero-order chi connectivity index (χ0) is 18.2. The predicted octanol–water partition coefficient (Wildman–Crippen LogP) is 2.15. The summed E-state index contributed by atoms with van der Waals surface area (Å²) >= 11 is 0. The first kappa shape index (κ1) is 21.2. The summed E-state index contributed by atoms with van der Waals surface area (Å²) in [7, 11) is 0. The van der Waals surface area contributed by atoms with Gasteiger partial charge in [-0.3, -0.25) is 9.59 Å². The van der Waals surface area contributed by atoms with Crippen LogP contribution in [-0.4, -0.2) is 41.3 Å². The number of rotatable bonds is 8. The zero-order valence-electron chi connectivity index (χ0n) is 14.9. The van der Waals surface area contributed by atoms with Crippen molar-refractivity contribution >= 4 is 18.0 Å². The Labute approximate surface area is 138 Å². The molecular formula is C16H30N2O5. The highest BCUT2D eigenvalue weighted by Crippen LogP contribution is 2.10. The summed E-state index contributed by atoms with van der Waals surface area (Å²) in [6.45, 7) is 11.0. The van der Waals surface area contributed by atoms with Crippen LogP contribution in [0.5, 0.6) is 0 Å². The highest BCUT2D eigenvalue weighted by atomic mass is 16.6. The minimum absolute atomic E-state index is 0.115. The van der Waals surface area contributed by atoms with Crippen LogP contribution in [0.25, 0.3) is 0 Å². The van der Waals surface area contributed by atoms with E-state index in [4.69, 9.17) is 9.84 Å². The van der Waals surface area contributed by atoms with Crippen LogP contribution in [0.4, 0.5) is 4.79 Å². The van der Waals surface area contributed by atoms with Crippen LogP contribution >= 0.6 is 0 Å². The highest BCUT2D eigenvalue weighted by molar-refractivity contribution is 5.80. The second-order valence-corrected chi connectivity index (χ2v) is 7.22. The van der Waals surface area contributed by atoms with E-state index in [1.807, 2.05) is 13.8 Å². The van der Waals surface area contributed by atoms with E-state index in [2.05, 4.69) is 10.6 Å². The number of hydrogen-bond acceptors (Lipinski definition) is 4. The van der Waals surface area contributed by atoms with Crippen molar-refractivity contribution in [1.29, 1.82) is 0 Å². The van der Waals surface area contributed by atoms with Crippen molar-refractivity contribution in [2.24, 2.45) is 11.8 Å². The maximum absolute atomic E-state index is 12.1. The van der Waals surface area contributed by atoms with E-state index in [0.717, 1.165) is 0 Å². The summed E-state index contributed by atoms with van der Waals surface area (Å²) in [6, 6.07) is -0.413. The van der Waals surface area contributed by atoms with E-state index in [-0.39, 0.29) is 24.8 Å². The van der Waals surface area contributed by atoms with Crippen molar-refractivity contribution in [2.45, 2.75) is 66.0 Å². The van der Waals surface area contributed by atoms with Gasteiger partial charge in [-0.25, -0.2) is 4.79 Å². The van der Waals surface area contributed by atoms with Gasteiger partial charge in [-0.15, -0.1) is 0 Å². The number of aliphatic carboxylic acids is 1. The third-order valence-electron chi connectivity index (χ3n) is 2.92. The number of alkyl carbamates (subject to hydrolysis) is 1. The van der Waals surface area contributed by atoms with Gasteiger partial charge >= 0.3 is 12.1 Å². The minimum atomic E-state index is -0.949. The Morgan fingerprint density at radius 2 is 1.70 bits per heavy atom. The third kappa shape index (κ3) is 11.4. The largest absolute Gasteiger partial charge is 0.481 e. The molecule has 0 saturated heterocycles. The molecule has 0 radical (unpaired) electrons. The molecule has 2 atom stereocenters. The third-order valence-corrected chi connectivity index (χ3v) is 2.92. The van der Waals surface area contributed by atoms with Crippen LogP contribution < -0.4 is 10.6 Å². The molecule has 0 aromatic carbocycles. The Morgan fingerprint density at radius 1 is 1.13 bits per heavy atom. The predicted molar refractivity (Wildman–Crippen MR) is 87.0 cm³/mol. The molecule has 7 heteroatoms. The zero-order valence-corrected chi connectivity index (χ0v) is 14.9. The molecule has 0 aromatic heterocycles. The number of hydrogen-bond donors (Lipinski definition) is 3. The van der Waals surface area contributed by atoms with Gasteiger partial charge in [0.1, 0.15) is 5.60 Å². The summed E-state index contributed by atoms with van der Waals surface area (Å²) in [5.74, 6) is -1.44. The fourth-order valence-electron chi connectivity index (χ4n) is 1.96. The number of nitrogens with one attached hydrogen (secondary N) is 2. The summed E-state index contributed by atoms with van der Waals surface area (Å²) in [6.07, 6.45) is -0.109. The Kier molecular flexibility index (Phi) is 8.64. The quantitative estimate of drug-likeness (QED) is 0.632. The summed E-state index contributed by atoms with van der Waals surface area (Å²) in [5, 5.41) is 14.2. The molecule has 0 aliphatic heterocycles. The molecule has 3 N–H and O–H groups in total. The van der Waals surface area contributed by atoms with Crippen LogP contribution in [0.1, 0.15) is 54.4 Å². The molecule has 0 rings (SSSR count). The lowest BCUT2D eigenvalue weighted by Crippen LogP contribution is -2.44. The molecule has 0 saturated carbocycles. The van der Waals surface area contributed by atoms with Crippen LogP contribution in [0.3, 0.4) is 0 Å². The first-order valence-electron chi connectivity index (χ1n) is 7.89. The molecule has 0 fully saturated rings. The van der Waals surface area contributed by atoms with Crippen molar-refractivity contribution in [2.75, 3.05) is 6.54 Å². The SMILES string of the molecule is CC(C)C[C@@H](CC(=O)O)NC(=O)[C@@H](C)CNC(=O)OC(C)(C)C. The maximum Gasteiger partial charge on any atom is 0.407 e. The van der Waals surface area contributed by atoms with E-state index in [1.54, 1.807) is 27.7 Å². The van der Waals surface area contributed by atoms with Gasteiger partial charge in [-0.05, 0) is 33.1 Å². The number of carboxylic acid groups (broad SMARTS) is 1. The van der Waals surface area contributed by atoms with Gasteiger partial charge in [-0.1, -0.05) is 20.8 Å². The number of amides is 2. The fraction of sp³-hybridized carbons (Fsp3) is 0.812. The molecule has 0 heterocycles. The second kappa shape index (κ2) is 9.37. The number of carbonyl (C=O) groups excluding carboxylic acids is 2. The molecular weight excluding hydrogens is 300 g/mol. The lowest BCUT2D eigenvalue weighted by atomic mass is 10.00. The Morgan fingerprint density at radius 3 is 2.13 bits per heavy atom. The summed E-state index contributed by atoms with van der Waals surface area (Å²) < 4.78 is 5.09. The number of carbonyl (C=O) groups is 3. The van der Waals surface area contributed by atoms with Gasteiger partial charge in [0.15, 0.2) is 0 Å². The molecule has 0 aliphatic rings. The van der Waals surface area contributed by atoms with Gasteiger partial charge in [0.25, 0.3) is 0 Å². The molecule has 134 valence electrons. The molecule has 0 bridgehead atoms. The summed E-state index contributed by atoms with van der Waals surface area (Å²) in [5.41, 5.74) is -0.598. The standard InChI is InChI=1S/C16H30N2O5/c1-10(2)7-12(8-13(19)20)18-14(21)11(3)9-17-15(22)23-16(4,5)6/h10-12H,7-9H2,1-6H3,(H,17,22)(H,18,21)(H,19,20)/t11-,12-/m0/s1. The lowest BCUT2D eigenvalue weighted by Gasteiger charge is -2.23. The van der Waals surface area contributed by atoms with Gasteiger partial charge in [0.05, 0.1) is 12.3 Å². The van der Waals surface area contributed by atoms with Gasteiger partial charge in [-0.2, -0.15) is 0 Å². The van der Waals surface area contributed by atoms with E-state index in [0.29, 0.717) is 6.42 Å². The lowest BCUT2D eigenvalue weighted by molar-refractivity contribution is -0.138. The normalized spacial score (nSPS) is 14.0. The maximum atomic E-state index is 12.1. The van der Waals surface area contributed by atoms with Crippen molar-refractivity contribution in [1.82, 2.24) is 10.6 Å². The Hall–Kier alpha value is -1.79. The van der Waals surface area contributed by atoms with Crippen LogP contribution in [-0.2, 0) is 14.3 Å². The molecule has 2 amide bonds. The Balaban J connectivity index is 4.40. The molecule has 23 heavy (non-hydrogen) atoms. The average molecular weight is 330 g/mol. The van der Waals surface area contributed by atoms with Crippen LogP contribution in [0, 0.1) is 11.8 Å². The van der Waals surface area contributed by atoms with Gasteiger partial charge in [0, 0.05) is 12.6 Å². The van der Waals surface area contributed by atoms with Crippen LogP contribution in [0.15, 0.2) is 0 Å². The second-order valence-electron chi connectivity index (χ2n) is 7.22. The molecule has 7 nitrogen and oxygen atoms in total. The minimum Gasteiger partial charge on any atom is -0.481 e. The molecule has 0 unspecified atom stereocenters. The van der Waals surface area contributed by atoms with Crippen LogP contribution in [0.2, 0.25) is 0 Å². The first-order valence-corrected chi connectivity index (χ1v) is 7.89. The molecule has 0 aliphatic carbocycles. The average Bonchev–Trinajstić information content (AvgIpc) is 2.31. The van der Waals surface area contributed by atoms with E-state index >= 15 is 0 Å².